The SMILES string of the molecule is CCC(=O)NNC(=O)c1cc(Br)ccc1F. The molecule has 1 aromatic rings. The van der Waals surface area contributed by atoms with Crippen molar-refractivity contribution < 1.29 is 14.0 Å². The number of carbonyl (C=O) groups excluding carboxylic acids is 2. The van der Waals surface area contributed by atoms with E-state index in [9.17, 15) is 14.0 Å². The number of benzene rings is 1. The quantitative estimate of drug-likeness (QED) is 0.815. The number of rotatable bonds is 2. The first-order valence-corrected chi connectivity index (χ1v) is 5.38. The van der Waals surface area contributed by atoms with Crippen LogP contribution in [0.15, 0.2) is 22.7 Å². The molecule has 16 heavy (non-hydrogen) atoms. The summed E-state index contributed by atoms with van der Waals surface area (Å²) in [5.74, 6) is -1.68. The molecular formula is C10H10BrFN2O2. The van der Waals surface area contributed by atoms with Gasteiger partial charge in [-0.1, -0.05) is 22.9 Å². The Kier molecular flexibility index (Phi) is 4.42. The zero-order valence-corrected chi connectivity index (χ0v) is 10.1. The standard InChI is InChI=1S/C10H10BrFN2O2/c1-2-9(15)13-14-10(16)7-5-6(11)3-4-8(7)12/h3-5H,2H2,1H3,(H,13,15)(H,14,16). The lowest BCUT2D eigenvalue weighted by molar-refractivity contribution is -0.121. The minimum absolute atomic E-state index is 0.134. The highest BCUT2D eigenvalue weighted by atomic mass is 79.9. The van der Waals surface area contributed by atoms with Gasteiger partial charge < -0.3 is 0 Å². The summed E-state index contributed by atoms with van der Waals surface area (Å²) in [7, 11) is 0. The van der Waals surface area contributed by atoms with Crippen molar-refractivity contribution in [3.8, 4) is 0 Å². The minimum Gasteiger partial charge on any atom is -0.273 e. The summed E-state index contributed by atoms with van der Waals surface area (Å²) < 4.78 is 13.8. The van der Waals surface area contributed by atoms with Gasteiger partial charge in [-0.05, 0) is 18.2 Å². The van der Waals surface area contributed by atoms with Crippen molar-refractivity contribution in [1.82, 2.24) is 10.9 Å². The molecule has 0 aromatic heterocycles. The highest BCUT2D eigenvalue weighted by molar-refractivity contribution is 9.10. The molecule has 0 saturated heterocycles. The summed E-state index contributed by atoms with van der Waals surface area (Å²) in [6, 6.07) is 3.99. The molecule has 0 unspecified atom stereocenters. The van der Waals surface area contributed by atoms with E-state index in [4.69, 9.17) is 0 Å². The molecule has 2 N–H and O–H groups in total. The molecule has 0 atom stereocenters. The number of hydrogen-bond acceptors (Lipinski definition) is 2. The Balaban J connectivity index is 2.73. The Labute approximate surface area is 100 Å². The fourth-order valence-electron chi connectivity index (χ4n) is 0.954. The zero-order chi connectivity index (χ0) is 12.1. The molecule has 0 bridgehead atoms. The van der Waals surface area contributed by atoms with E-state index in [2.05, 4.69) is 26.8 Å². The third-order valence-corrected chi connectivity index (χ3v) is 2.30. The predicted molar refractivity (Wildman–Crippen MR) is 60.0 cm³/mol. The summed E-state index contributed by atoms with van der Waals surface area (Å²) in [5, 5.41) is 0. The van der Waals surface area contributed by atoms with Gasteiger partial charge in [0.25, 0.3) is 5.91 Å². The molecule has 4 nitrogen and oxygen atoms in total. The summed E-state index contributed by atoms with van der Waals surface area (Å²) in [6.45, 7) is 1.64. The van der Waals surface area contributed by atoms with Crippen LogP contribution in [-0.4, -0.2) is 11.8 Å². The Bertz CT molecular complexity index is 423. The van der Waals surface area contributed by atoms with Gasteiger partial charge in [-0.3, -0.25) is 20.4 Å². The summed E-state index contributed by atoms with van der Waals surface area (Å²) in [6.07, 6.45) is 0.237. The van der Waals surface area contributed by atoms with E-state index in [0.29, 0.717) is 4.47 Å². The van der Waals surface area contributed by atoms with Crippen LogP contribution in [0.4, 0.5) is 4.39 Å². The van der Waals surface area contributed by atoms with Crippen LogP contribution in [0.1, 0.15) is 23.7 Å². The van der Waals surface area contributed by atoms with Crippen LogP contribution in [0.2, 0.25) is 0 Å². The molecule has 0 aliphatic heterocycles. The number of amides is 2. The number of hydrazine groups is 1. The smallest absolute Gasteiger partial charge is 0.272 e. The highest BCUT2D eigenvalue weighted by Gasteiger charge is 2.12. The highest BCUT2D eigenvalue weighted by Crippen LogP contribution is 2.15. The van der Waals surface area contributed by atoms with Crippen LogP contribution in [-0.2, 0) is 4.79 Å². The molecule has 0 radical (unpaired) electrons. The van der Waals surface area contributed by atoms with Crippen molar-refractivity contribution in [2.45, 2.75) is 13.3 Å². The average molecular weight is 289 g/mol. The molecular weight excluding hydrogens is 279 g/mol. The monoisotopic (exact) mass is 288 g/mol. The number of nitrogens with one attached hydrogen (secondary N) is 2. The fourth-order valence-corrected chi connectivity index (χ4v) is 1.31. The van der Waals surface area contributed by atoms with Crippen molar-refractivity contribution in [2.24, 2.45) is 0 Å². The maximum atomic E-state index is 13.2. The second-order valence-corrected chi connectivity index (χ2v) is 3.90. The van der Waals surface area contributed by atoms with Crippen molar-refractivity contribution >= 4 is 27.7 Å². The number of carbonyl (C=O) groups is 2. The van der Waals surface area contributed by atoms with E-state index >= 15 is 0 Å². The van der Waals surface area contributed by atoms with Gasteiger partial charge in [-0.2, -0.15) is 0 Å². The third kappa shape index (κ3) is 3.30. The molecule has 0 fully saturated rings. The van der Waals surface area contributed by atoms with Crippen LogP contribution >= 0.6 is 15.9 Å². The number of hydrogen-bond donors (Lipinski definition) is 2. The molecule has 0 aliphatic rings. The number of halogens is 2. The van der Waals surface area contributed by atoms with Crippen LogP contribution in [0.3, 0.4) is 0 Å². The zero-order valence-electron chi connectivity index (χ0n) is 8.51. The Morgan fingerprint density at radius 3 is 2.69 bits per heavy atom. The van der Waals surface area contributed by atoms with E-state index in [0.717, 1.165) is 0 Å². The fraction of sp³-hybridized carbons (Fsp3) is 0.200. The van der Waals surface area contributed by atoms with Crippen LogP contribution in [0.25, 0.3) is 0 Å². The van der Waals surface area contributed by atoms with E-state index in [1.165, 1.54) is 18.2 Å². The lowest BCUT2D eigenvalue weighted by atomic mass is 10.2. The molecule has 2 amide bonds. The minimum atomic E-state index is -0.694. The largest absolute Gasteiger partial charge is 0.273 e. The van der Waals surface area contributed by atoms with Gasteiger partial charge in [-0.15, -0.1) is 0 Å². The van der Waals surface area contributed by atoms with Crippen molar-refractivity contribution in [1.29, 1.82) is 0 Å². The lowest BCUT2D eigenvalue weighted by Crippen LogP contribution is -2.41. The third-order valence-electron chi connectivity index (χ3n) is 1.81. The first-order valence-electron chi connectivity index (χ1n) is 4.58. The molecule has 0 saturated carbocycles. The second kappa shape index (κ2) is 5.60. The molecule has 0 spiro atoms. The maximum Gasteiger partial charge on any atom is 0.272 e. The molecule has 86 valence electrons. The molecule has 0 heterocycles. The van der Waals surface area contributed by atoms with Gasteiger partial charge in [-0.25, -0.2) is 4.39 Å². The van der Waals surface area contributed by atoms with Crippen LogP contribution in [0.5, 0.6) is 0 Å². The molecule has 1 aromatic carbocycles. The van der Waals surface area contributed by atoms with E-state index < -0.39 is 11.7 Å². The molecule has 6 heteroatoms. The molecule has 1 rings (SSSR count). The van der Waals surface area contributed by atoms with Crippen LogP contribution < -0.4 is 10.9 Å². The maximum absolute atomic E-state index is 13.2. The van der Waals surface area contributed by atoms with E-state index in [1.54, 1.807) is 6.92 Å². The summed E-state index contributed by atoms with van der Waals surface area (Å²) in [4.78, 5) is 22.3. The topological polar surface area (TPSA) is 58.2 Å². The van der Waals surface area contributed by atoms with Gasteiger partial charge in [0.15, 0.2) is 0 Å². The first kappa shape index (κ1) is 12.6. The van der Waals surface area contributed by atoms with Crippen molar-refractivity contribution in [3.05, 3.63) is 34.1 Å². The predicted octanol–water partition coefficient (Wildman–Crippen LogP) is 1.76. The van der Waals surface area contributed by atoms with Crippen LogP contribution in [0, 0.1) is 5.82 Å². The van der Waals surface area contributed by atoms with E-state index in [-0.39, 0.29) is 17.9 Å². The Morgan fingerprint density at radius 1 is 1.38 bits per heavy atom. The van der Waals surface area contributed by atoms with Crippen molar-refractivity contribution in [3.63, 3.8) is 0 Å². The van der Waals surface area contributed by atoms with Gasteiger partial charge in [0, 0.05) is 10.9 Å². The van der Waals surface area contributed by atoms with Gasteiger partial charge in [0.05, 0.1) is 5.56 Å². The molecule has 0 aliphatic carbocycles. The normalized spacial score (nSPS) is 9.69. The van der Waals surface area contributed by atoms with Gasteiger partial charge in [0.1, 0.15) is 5.82 Å². The van der Waals surface area contributed by atoms with E-state index in [1.807, 2.05) is 0 Å². The average Bonchev–Trinajstić information content (AvgIpc) is 2.28. The second-order valence-electron chi connectivity index (χ2n) is 2.98. The lowest BCUT2D eigenvalue weighted by Gasteiger charge is -2.07. The van der Waals surface area contributed by atoms with Gasteiger partial charge in [0.2, 0.25) is 5.91 Å². The Morgan fingerprint density at radius 2 is 2.06 bits per heavy atom. The van der Waals surface area contributed by atoms with Crippen molar-refractivity contribution in [2.75, 3.05) is 0 Å². The van der Waals surface area contributed by atoms with Gasteiger partial charge >= 0.3 is 0 Å². The summed E-state index contributed by atoms with van der Waals surface area (Å²) in [5.41, 5.74) is 4.14. The Hall–Kier alpha value is -1.43. The first-order chi connectivity index (χ1) is 7.54. The summed E-state index contributed by atoms with van der Waals surface area (Å²) >= 11 is 3.12.